The maximum absolute atomic E-state index is 12.0. The van der Waals surface area contributed by atoms with Crippen molar-refractivity contribution in [3.63, 3.8) is 0 Å². The molecule has 0 radical (unpaired) electrons. The molecule has 2 rings (SSSR count). The Morgan fingerprint density at radius 1 is 1.33 bits per heavy atom. The summed E-state index contributed by atoms with van der Waals surface area (Å²) in [5, 5.41) is 6.39. The monoisotopic (exact) mass is 354 g/mol. The van der Waals surface area contributed by atoms with Crippen LogP contribution in [0.3, 0.4) is 0 Å². The quantitative estimate of drug-likeness (QED) is 0.704. The average Bonchev–Trinajstić information content (AvgIpc) is 2.57. The summed E-state index contributed by atoms with van der Waals surface area (Å²) in [4.78, 5) is 12.0. The standard InChI is InChI=1S/C19H30N2O2.ClH/c1-15-6-3-4-7-18(15)23-13-5-10-21-19(22)14-16(2)17-8-11-20-12-9-17;/h3-4,6-7,16-17,20H,5,8-14H2,1-2H3,(H,21,22);1H. The Bertz CT molecular complexity index is 490. The van der Waals surface area contributed by atoms with Gasteiger partial charge in [0.15, 0.2) is 0 Å². The minimum atomic E-state index is 0. The lowest BCUT2D eigenvalue weighted by molar-refractivity contribution is -0.122. The summed E-state index contributed by atoms with van der Waals surface area (Å²) in [6.07, 6.45) is 3.86. The molecule has 0 aromatic heterocycles. The number of benzene rings is 1. The Morgan fingerprint density at radius 3 is 2.75 bits per heavy atom. The second kappa shape index (κ2) is 11.3. The number of ether oxygens (including phenoxy) is 1. The van der Waals surface area contributed by atoms with Gasteiger partial charge in [0.2, 0.25) is 5.91 Å². The van der Waals surface area contributed by atoms with E-state index in [9.17, 15) is 4.79 Å². The molecule has 0 aliphatic carbocycles. The maximum atomic E-state index is 12.0. The molecule has 1 saturated heterocycles. The second-order valence-corrected chi connectivity index (χ2v) is 6.59. The first-order valence-corrected chi connectivity index (χ1v) is 8.82. The van der Waals surface area contributed by atoms with Gasteiger partial charge in [-0.3, -0.25) is 4.79 Å². The fourth-order valence-corrected chi connectivity index (χ4v) is 3.15. The van der Waals surface area contributed by atoms with E-state index in [4.69, 9.17) is 4.74 Å². The number of halogens is 1. The van der Waals surface area contributed by atoms with Crippen molar-refractivity contribution in [1.29, 1.82) is 0 Å². The molecule has 0 spiro atoms. The van der Waals surface area contributed by atoms with Crippen molar-refractivity contribution in [2.24, 2.45) is 11.8 Å². The highest BCUT2D eigenvalue weighted by Crippen LogP contribution is 2.24. The summed E-state index contributed by atoms with van der Waals surface area (Å²) >= 11 is 0. The third kappa shape index (κ3) is 7.10. The molecule has 24 heavy (non-hydrogen) atoms. The number of nitrogens with one attached hydrogen (secondary N) is 2. The van der Waals surface area contributed by atoms with Gasteiger partial charge in [0, 0.05) is 13.0 Å². The zero-order valence-electron chi connectivity index (χ0n) is 14.8. The number of piperidine rings is 1. The van der Waals surface area contributed by atoms with Gasteiger partial charge in [0.05, 0.1) is 6.61 Å². The van der Waals surface area contributed by atoms with E-state index in [1.807, 2.05) is 31.2 Å². The molecule has 1 aromatic rings. The molecule has 1 aromatic carbocycles. The SMILES string of the molecule is Cc1ccccc1OCCCNC(=O)CC(C)C1CCNCC1.Cl. The first kappa shape index (κ1) is 20.8. The Kier molecular flexibility index (Phi) is 9.80. The first-order valence-electron chi connectivity index (χ1n) is 8.82. The average molecular weight is 355 g/mol. The highest BCUT2D eigenvalue weighted by molar-refractivity contribution is 5.85. The Balaban J connectivity index is 0.00000288. The molecule has 1 heterocycles. The first-order chi connectivity index (χ1) is 11.2. The molecule has 0 bridgehead atoms. The van der Waals surface area contributed by atoms with Gasteiger partial charge in [0.25, 0.3) is 0 Å². The molecule has 1 aliphatic heterocycles. The van der Waals surface area contributed by atoms with E-state index in [-0.39, 0.29) is 18.3 Å². The normalized spacial score (nSPS) is 16.1. The van der Waals surface area contributed by atoms with Crippen LogP contribution in [0.4, 0.5) is 0 Å². The molecule has 4 nitrogen and oxygen atoms in total. The van der Waals surface area contributed by atoms with E-state index in [0.29, 0.717) is 31.4 Å². The number of rotatable bonds is 8. The van der Waals surface area contributed by atoms with E-state index in [1.165, 1.54) is 12.8 Å². The van der Waals surface area contributed by atoms with Crippen molar-refractivity contribution >= 4 is 18.3 Å². The van der Waals surface area contributed by atoms with Crippen LogP contribution < -0.4 is 15.4 Å². The van der Waals surface area contributed by atoms with E-state index in [1.54, 1.807) is 0 Å². The largest absolute Gasteiger partial charge is 0.493 e. The minimum absolute atomic E-state index is 0. The lowest BCUT2D eigenvalue weighted by Gasteiger charge is -2.27. The van der Waals surface area contributed by atoms with E-state index < -0.39 is 0 Å². The molecule has 1 fully saturated rings. The van der Waals surface area contributed by atoms with Crippen LogP contribution in [0.15, 0.2) is 24.3 Å². The number of amides is 1. The smallest absolute Gasteiger partial charge is 0.220 e. The van der Waals surface area contributed by atoms with Crippen molar-refractivity contribution in [3.8, 4) is 5.75 Å². The predicted molar refractivity (Wildman–Crippen MR) is 101 cm³/mol. The molecule has 5 heteroatoms. The van der Waals surface area contributed by atoms with Crippen LogP contribution in [-0.2, 0) is 4.79 Å². The summed E-state index contributed by atoms with van der Waals surface area (Å²) in [7, 11) is 0. The van der Waals surface area contributed by atoms with Gasteiger partial charge in [-0.15, -0.1) is 12.4 Å². The lowest BCUT2D eigenvalue weighted by Crippen LogP contribution is -2.33. The highest BCUT2D eigenvalue weighted by Gasteiger charge is 2.21. The third-order valence-electron chi connectivity index (χ3n) is 4.69. The third-order valence-corrected chi connectivity index (χ3v) is 4.69. The minimum Gasteiger partial charge on any atom is -0.493 e. The van der Waals surface area contributed by atoms with Crippen LogP contribution >= 0.6 is 12.4 Å². The van der Waals surface area contributed by atoms with Gasteiger partial charge in [-0.1, -0.05) is 25.1 Å². The fraction of sp³-hybridized carbons (Fsp3) is 0.632. The van der Waals surface area contributed by atoms with E-state index in [2.05, 4.69) is 17.6 Å². The molecule has 1 aliphatic rings. The van der Waals surface area contributed by atoms with Gasteiger partial charge < -0.3 is 15.4 Å². The molecule has 0 saturated carbocycles. The van der Waals surface area contributed by atoms with Crippen molar-refractivity contribution in [3.05, 3.63) is 29.8 Å². The van der Waals surface area contributed by atoms with Crippen LogP contribution in [0, 0.1) is 18.8 Å². The zero-order chi connectivity index (χ0) is 16.5. The number of carbonyl (C=O) groups excluding carboxylic acids is 1. The molecular formula is C19H31ClN2O2. The Labute approximate surface area is 152 Å². The van der Waals surface area contributed by atoms with Crippen LogP contribution in [0.5, 0.6) is 5.75 Å². The molecule has 1 unspecified atom stereocenters. The summed E-state index contributed by atoms with van der Waals surface area (Å²) in [6.45, 7) is 7.74. The number of hydrogen-bond acceptors (Lipinski definition) is 3. The van der Waals surface area contributed by atoms with Gasteiger partial charge >= 0.3 is 0 Å². The van der Waals surface area contributed by atoms with Gasteiger partial charge in [-0.25, -0.2) is 0 Å². The van der Waals surface area contributed by atoms with Crippen LogP contribution in [0.2, 0.25) is 0 Å². The molecule has 1 amide bonds. The van der Waals surface area contributed by atoms with Gasteiger partial charge in [-0.2, -0.15) is 0 Å². The van der Waals surface area contributed by atoms with E-state index >= 15 is 0 Å². The molecular weight excluding hydrogens is 324 g/mol. The Morgan fingerprint density at radius 2 is 2.04 bits per heavy atom. The molecule has 2 N–H and O–H groups in total. The van der Waals surface area contributed by atoms with Crippen molar-refractivity contribution in [2.75, 3.05) is 26.2 Å². The molecule has 1 atom stereocenters. The predicted octanol–water partition coefficient (Wildman–Crippen LogP) is 3.33. The summed E-state index contributed by atoms with van der Waals surface area (Å²) in [6, 6.07) is 8.01. The summed E-state index contributed by atoms with van der Waals surface area (Å²) in [5.41, 5.74) is 1.15. The topological polar surface area (TPSA) is 50.4 Å². The van der Waals surface area contributed by atoms with Gasteiger partial charge in [-0.05, 0) is 62.7 Å². The molecule has 136 valence electrons. The summed E-state index contributed by atoms with van der Waals surface area (Å²) in [5.74, 6) is 2.26. The van der Waals surface area contributed by atoms with Crippen LogP contribution in [-0.4, -0.2) is 32.1 Å². The van der Waals surface area contributed by atoms with Crippen molar-refractivity contribution in [2.45, 2.75) is 39.5 Å². The Hall–Kier alpha value is -1.26. The highest BCUT2D eigenvalue weighted by atomic mass is 35.5. The lowest BCUT2D eigenvalue weighted by atomic mass is 9.84. The van der Waals surface area contributed by atoms with E-state index in [0.717, 1.165) is 30.8 Å². The summed E-state index contributed by atoms with van der Waals surface area (Å²) < 4.78 is 5.74. The number of carbonyl (C=O) groups is 1. The van der Waals surface area contributed by atoms with Gasteiger partial charge in [0.1, 0.15) is 5.75 Å². The second-order valence-electron chi connectivity index (χ2n) is 6.59. The van der Waals surface area contributed by atoms with Crippen LogP contribution in [0.25, 0.3) is 0 Å². The van der Waals surface area contributed by atoms with Crippen LogP contribution in [0.1, 0.15) is 38.2 Å². The number of aryl methyl sites for hydroxylation is 1. The van der Waals surface area contributed by atoms with Crippen molar-refractivity contribution in [1.82, 2.24) is 10.6 Å². The number of hydrogen-bond donors (Lipinski definition) is 2. The maximum Gasteiger partial charge on any atom is 0.220 e. The van der Waals surface area contributed by atoms with Crippen molar-refractivity contribution < 1.29 is 9.53 Å². The zero-order valence-corrected chi connectivity index (χ0v) is 15.7. The fourth-order valence-electron chi connectivity index (χ4n) is 3.15. The number of para-hydroxylation sites is 1.